The molecule has 1 aliphatic heterocycles. The molecule has 2 nitrogen and oxygen atoms in total. The van der Waals surface area contributed by atoms with Gasteiger partial charge in [-0.3, -0.25) is 0 Å². The molecule has 0 aromatic carbocycles. The maximum Gasteiger partial charge on any atom is 0.343 e. The lowest BCUT2D eigenvalue weighted by molar-refractivity contribution is 0.160. The van der Waals surface area contributed by atoms with Gasteiger partial charge in [0.25, 0.3) is 0 Å². The summed E-state index contributed by atoms with van der Waals surface area (Å²) in [6.07, 6.45) is 6.46. The van der Waals surface area contributed by atoms with Crippen LogP contribution < -0.4 is 0 Å². The number of hydrogen-bond donors (Lipinski definition) is 0. The highest BCUT2D eigenvalue weighted by atomic mass is 28.4. The molecular formula is C12H24O2Si. The van der Waals surface area contributed by atoms with E-state index in [0.717, 1.165) is 26.1 Å². The zero-order valence-electron chi connectivity index (χ0n) is 10.5. The molecule has 3 heteroatoms. The molecule has 0 spiro atoms. The number of rotatable bonds is 2. The second kappa shape index (κ2) is 5.82. The topological polar surface area (TPSA) is 18.5 Å². The van der Waals surface area contributed by atoms with Crippen molar-refractivity contribution >= 4 is 8.56 Å². The zero-order chi connectivity index (χ0) is 11.3. The Morgan fingerprint density at radius 2 is 1.27 bits per heavy atom. The molecular weight excluding hydrogens is 204 g/mol. The third kappa shape index (κ3) is 3.16. The molecule has 0 amide bonds. The zero-order valence-corrected chi connectivity index (χ0v) is 11.5. The van der Waals surface area contributed by atoms with Gasteiger partial charge in [-0.25, -0.2) is 0 Å². The Labute approximate surface area is 94.9 Å². The molecule has 0 fully saturated rings. The van der Waals surface area contributed by atoms with Crippen molar-refractivity contribution in [2.45, 2.75) is 51.6 Å². The Balaban J connectivity index is 2.75. The lowest BCUT2D eigenvalue weighted by atomic mass is 10.3. The Bertz CT molecular complexity index is 190. The van der Waals surface area contributed by atoms with Crippen LogP contribution in [0.15, 0.2) is 12.2 Å². The first-order valence-corrected chi connectivity index (χ1v) is 7.99. The SMILES string of the molecule is CC(C)[Si]1(C(C)C)OCC/C=C\CCO1. The molecule has 0 aliphatic carbocycles. The highest BCUT2D eigenvalue weighted by Gasteiger charge is 2.44. The van der Waals surface area contributed by atoms with E-state index in [0.29, 0.717) is 11.1 Å². The van der Waals surface area contributed by atoms with Crippen molar-refractivity contribution < 1.29 is 8.85 Å². The number of hydrogen-bond acceptors (Lipinski definition) is 2. The Morgan fingerprint density at radius 1 is 0.867 bits per heavy atom. The van der Waals surface area contributed by atoms with E-state index in [-0.39, 0.29) is 0 Å². The van der Waals surface area contributed by atoms with Crippen LogP contribution in [-0.4, -0.2) is 21.8 Å². The van der Waals surface area contributed by atoms with Gasteiger partial charge in [0.05, 0.1) is 0 Å². The van der Waals surface area contributed by atoms with E-state index in [1.165, 1.54) is 0 Å². The van der Waals surface area contributed by atoms with Crippen molar-refractivity contribution in [1.82, 2.24) is 0 Å². The average Bonchev–Trinajstić information content (AvgIpc) is 2.28. The van der Waals surface area contributed by atoms with E-state index >= 15 is 0 Å². The highest BCUT2D eigenvalue weighted by molar-refractivity contribution is 6.70. The van der Waals surface area contributed by atoms with Gasteiger partial charge >= 0.3 is 8.56 Å². The minimum Gasteiger partial charge on any atom is -0.394 e. The molecule has 0 bridgehead atoms. The molecule has 0 unspecified atom stereocenters. The third-order valence-electron chi connectivity index (χ3n) is 3.00. The van der Waals surface area contributed by atoms with E-state index in [9.17, 15) is 0 Å². The van der Waals surface area contributed by atoms with Gasteiger partial charge in [0, 0.05) is 13.2 Å². The standard InChI is InChI=1S/C12H24O2Si/c1-11(2)15(12(3)4)13-9-7-5-6-8-10-14-15/h5-6,11-12H,7-10H2,1-4H3/b6-5-. The van der Waals surface area contributed by atoms with Crippen LogP contribution in [0.4, 0.5) is 0 Å². The summed E-state index contributed by atoms with van der Waals surface area (Å²) in [5, 5.41) is 0. The summed E-state index contributed by atoms with van der Waals surface area (Å²) >= 11 is 0. The molecule has 0 saturated heterocycles. The molecule has 1 rings (SSSR count). The first kappa shape index (κ1) is 12.9. The Morgan fingerprint density at radius 3 is 1.60 bits per heavy atom. The van der Waals surface area contributed by atoms with Crippen LogP contribution in [0.1, 0.15) is 40.5 Å². The monoisotopic (exact) mass is 228 g/mol. The normalized spacial score (nSPS) is 24.7. The molecule has 0 radical (unpaired) electrons. The van der Waals surface area contributed by atoms with Crippen LogP contribution in [0, 0.1) is 0 Å². The van der Waals surface area contributed by atoms with E-state index in [4.69, 9.17) is 8.85 Å². The molecule has 0 aromatic rings. The summed E-state index contributed by atoms with van der Waals surface area (Å²) in [5.41, 5.74) is 1.05. The van der Waals surface area contributed by atoms with Gasteiger partial charge < -0.3 is 8.85 Å². The van der Waals surface area contributed by atoms with Crippen molar-refractivity contribution in [3.05, 3.63) is 12.2 Å². The summed E-state index contributed by atoms with van der Waals surface area (Å²) < 4.78 is 12.3. The third-order valence-corrected chi connectivity index (χ3v) is 7.53. The fraction of sp³-hybridized carbons (Fsp3) is 0.833. The maximum atomic E-state index is 6.14. The van der Waals surface area contributed by atoms with E-state index in [2.05, 4.69) is 39.8 Å². The van der Waals surface area contributed by atoms with E-state index < -0.39 is 8.56 Å². The van der Waals surface area contributed by atoms with Gasteiger partial charge in [-0.2, -0.15) is 0 Å². The van der Waals surface area contributed by atoms with Crippen molar-refractivity contribution in [3.8, 4) is 0 Å². The van der Waals surface area contributed by atoms with Crippen LogP contribution in [0.2, 0.25) is 11.1 Å². The quantitative estimate of drug-likeness (QED) is 0.531. The van der Waals surface area contributed by atoms with Gasteiger partial charge in [-0.05, 0) is 23.9 Å². The van der Waals surface area contributed by atoms with E-state index in [1.54, 1.807) is 0 Å². The largest absolute Gasteiger partial charge is 0.394 e. The van der Waals surface area contributed by atoms with Crippen LogP contribution in [0.3, 0.4) is 0 Å². The summed E-state index contributed by atoms with van der Waals surface area (Å²) in [6, 6.07) is 0. The molecule has 88 valence electrons. The van der Waals surface area contributed by atoms with Crippen molar-refractivity contribution in [1.29, 1.82) is 0 Å². The molecule has 0 saturated carbocycles. The lowest BCUT2D eigenvalue weighted by Crippen LogP contribution is -2.48. The molecule has 15 heavy (non-hydrogen) atoms. The summed E-state index contributed by atoms with van der Waals surface area (Å²) in [7, 11) is -1.99. The van der Waals surface area contributed by atoms with Gasteiger partial charge in [0.15, 0.2) is 0 Å². The maximum absolute atomic E-state index is 6.14. The molecule has 0 aromatic heterocycles. The molecule has 0 N–H and O–H groups in total. The van der Waals surface area contributed by atoms with Gasteiger partial charge in [0.2, 0.25) is 0 Å². The van der Waals surface area contributed by atoms with Gasteiger partial charge in [-0.1, -0.05) is 39.8 Å². The molecule has 1 aliphatic rings. The fourth-order valence-corrected chi connectivity index (χ4v) is 5.81. The highest BCUT2D eigenvalue weighted by Crippen LogP contribution is 2.35. The fourth-order valence-electron chi connectivity index (χ4n) is 2.18. The van der Waals surface area contributed by atoms with Crippen LogP contribution in [0.5, 0.6) is 0 Å². The van der Waals surface area contributed by atoms with Gasteiger partial charge in [0.1, 0.15) is 0 Å². The minimum atomic E-state index is -1.99. The smallest absolute Gasteiger partial charge is 0.343 e. The second-order valence-corrected chi connectivity index (χ2v) is 9.11. The van der Waals surface area contributed by atoms with Crippen LogP contribution in [0.25, 0.3) is 0 Å². The predicted octanol–water partition coefficient (Wildman–Crippen LogP) is 3.63. The first-order valence-electron chi connectivity index (χ1n) is 6.02. The Kier molecular flexibility index (Phi) is 5.03. The van der Waals surface area contributed by atoms with E-state index in [1.807, 2.05) is 0 Å². The summed E-state index contributed by atoms with van der Waals surface area (Å²) in [6.45, 7) is 10.6. The summed E-state index contributed by atoms with van der Waals surface area (Å²) in [4.78, 5) is 0. The lowest BCUT2D eigenvalue weighted by Gasteiger charge is -2.37. The van der Waals surface area contributed by atoms with Crippen LogP contribution in [-0.2, 0) is 8.85 Å². The molecule has 0 atom stereocenters. The van der Waals surface area contributed by atoms with Crippen molar-refractivity contribution in [3.63, 3.8) is 0 Å². The second-order valence-electron chi connectivity index (χ2n) is 4.78. The Hall–Kier alpha value is -0.123. The predicted molar refractivity (Wildman–Crippen MR) is 66.2 cm³/mol. The van der Waals surface area contributed by atoms with Crippen molar-refractivity contribution in [2.24, 2.45) is 0 Å². The molecule has 1 heterocycles. The minimum absolute atomic E-state index is 0.524. The van der Waals surface area contributed by atoms with Gasteiger partial charge in [-0.15, -0.1) is 0 Å². The average molecular weight is 228 g/mol. The first-order chi connectivity index (χ1) is 7.09. The van der Waals surface area contributed by atoms with Crippen LogP contribution >= 0.6 is 0 Å². The summed E-state index contributed by atoms with van der Waals surface area (Å²) in [5.74, 6) is 0. The van der Waals surface area contributed by atoms with Crippen molar-refractivity contribution in [2.75, 3.05) is 13.2 Å².